The molecule has 4 nitrogen and oxygen atoms in total. The number of carbonyl (C=O) groups excluding carboxylic acids is 1. The zero-order chi connectivity index (χ0) is 17.4. The summed E-state index contributed by atoms with van der Waals surface area (Å²) in [5.74, 6) is 1.03. The zero-order valence-corrected chi connectivity index (χ0v) is 14.8. The van der Waals surface area contributed by atoms with Gasteiger partial charge in [0.25, 0.3) is 5.91 Å². The third-order valence-electron chi connectivity index (χ3n) is 3.94. The van der Waals surface area contributed by atoms with Crippen molar-refractivity contribution in [1.29, 1.82) is 0 Å². The molecule has 128 valence electrons. The molecule has 4 heteroatoms. The van der Waals surface area contributed by atoms with Crippen LogP contribution in [0.25, 0.3) is 0 Å². The number of rotatable bonds is 8. The van der Waals surface area contributed by atoms with Crippen LogP contribution in [-0.4, -0.2) is 17.4 Å². The lowest BCUT2D eigenvalue weighted by Gasteiger charge is -2.13. The molecule has 0 saturated carbocycles. The minimum absolute atomic E-state index is 0.131. The summed E-state index contributed by atoms with van der Waals surface area (Å²) in [6.45, 7) is 7.33. The van der Waals surface area contributed by atoms with Gasteiger partial charge in [0, 0.05) is 18.4 Å². The van der Waals surface area contributed by atoms with Crippen LogP contribution in [0.1, 0.15) is 61.9 Å². The largest absolute Gasteiger partial charge is 0.370 e. The van der Waals surface area contributed by atoms with Crippen molar-refractivity contribution in [2.45, 2.75) is 46.0 Å². The molecule has 0 atom stereocenters. The monoisotopic (exact) mass is 325 g/mol. The van der Waals surface area contributed by atoms with E-state index in [0.717, 1.165) is 30.0 Å². The highest BCUT2D eigenvalue weighted by molar-refractivity contribution is 6.04. The Morgan fingerprint density at radius 1 is 1.12 bits per heavy atom. The van der Waals surface area contributed by atoms with Gasteiger partial charge in [0.05, 0.1) is 5.56 Å². The molecule has 0 fully saturated rings. The number of nitrogens with one attached hydrogen (secondary N) is 2. The molecule has 0 bridgehead atoms. The molecule has 1 aromatic carbocycles. The van der Waals surface area contributed by atoms with Crippen LogP contribution in [-0.2, 0) is 0 Å². The molecule has 0 aliphatic heterocycles. The molecule has 1 heterocycles. The number of unbranched alkanes of at least 4 members (excludes halogenated alkanes) is 2. The van der Waals surface area contributed by atoms with Gasteiger partial charge in [-0.3, -0.25) is 4.79 Å². The molecule has 0 aliphatic rings. The van der Waals surface area contributed by atoms with E-state index >= 15 is 0 Å². The van der Waals surface area contributed by atoms with E-state index in [1.807, 2.05) is 36.4 Å². The van der Waals surface area contributed by atoms with E-state index in [4.69, 9.17) is 0 Å². The second-order valence-corrected chi connectivity index (χ2v) is 6.26. The van der Waals surface area contributed by atoms with Gasteiger partial charge in [0.2, 0.25) is 0 Å². The summed E-state index contributed by atoms with van der Waals surface area (Å²) in [4.78, 5) is 16.8. The molecule has 2 rings (SSSR count). The minimum Gasteiger partial charge on any atom is -0.370 e. The number of carbonyl (C=O) groups is 1. The maximum Gasteiger partial charge on any atom is 0.257 e. The Morgan fingerprint density at radius 3 is 2.58 bits per heavy atom. The summed E-state index contributed by atoms with van der Waals surface area (Å²) in [6.07, 6.45) is 5.16. The van der Waals surface area contributed by atoms with Crippen LogP contribution >= 0.6 is 0 Å². The van der Waals surface area contributed by atoms with Crippen LogP contribution in [0.3, 0.4) is 0 Å². The van der Waals surface area contributed by atoms with Gasteiger partial charge in [-0.25, -0.2) is 4.98 Å². The molecule has 0 unspecified atom stereocenters. The lowest BCUT2D eigenvalue weighted by atomic mass is 10.0. The standard InChI is InChI=1S/C20H27N3O/c1-4-5-8-13-21-19-12-11-16(14-22-19)20(24)23-18-10-7-6-9-17(18)15(2)3/h6-7,9-12,14-15H,4-5,8,13H2,1-3H3,(H,21,22)(H,23,24). The van der Waals surface area contributed by atoms with Crippen molar-refractivity contribution in [3.05, 3.63) is 53.7 Å². The number of para-hydroxylation sites is 1. The molecule has 2 N–H and O–H groups in total. The van der Waals surface area contributed by atoms with Crippen LogP contribution in [0, 0.1) is 0 Å². The van der Waals surface area contributed by atoms with Gasteiger partial charge >= 0.3 is 0 Å². The third-order valence-corrected chi connectivity index (χ3v) is 3.94. The van der Waals surface area contributed by atoms with Gasteiger partial charge in [-0.05, 0) is 36.1 Å². The van der Waals surface area contributed by atoms with Crippen molar-refractivity contribution in [3.8, 4) is 0 Å². The maximum atomic E-state index is 12.4. The lowest BCUT2D eigenvalue weighted by Crippen LogP contribution is -2.14. The molecular formula is C20H27N3O. The van der Waals surface area contributed by atoms with Crippen LogP contribution in [0.4, 0.5) is 11.5 Å². The van der Waals surface area contributed by atoms with E-state index in [1.54, 1.807) is 6.20 Å². The number of hydrogen-bond acceptors (Lipinski definition) is 3. The summed E-state index contributed by atoms with van der Waals surface area (Å²) >= 11 is 0. The van der Waals surface area contributed by atoms with E-state index in [9.17, 15) is 4.79 Å². The Morgan fingerprint density at radius 2 is 1.92 bits per heavy atom. The van der Waals surface area contributed by atoms with Gasteiger partial charge < -0.3 is 10.6 Å². The number of aromatic nitrogens is 1. The highest BCUT2D eigenvalue weighted by atomic mass is 16.1. The molecule has 0 aliphatic carbocycles. The molecule has 0 spiro atoms. The summed E-state index contributed by atoms with van der Waals surface area (Å²) in [5, 5.41) is 6.26. The first kappa shape index (κ1) is 18.0. The number of anilines is 2. The Labute approximate surface area is 144 Å². The number of pyridine rings is 1. The number of hydrogen-bond donors (Lipinski definition) is 2. The van der Waals surface area contributed by atoms with Crippen molar-refractivity contribution in [3.63, 3.8) is 0 Å². The number of nitrogens with zero attached hydrogens (tertiary/aromatic N) is 1. The lowest BCUT2D eigenvalue weighted by molar-refractivity contribution is 0.102. The normalized spacial score (nSPS) is 10.7. The van der Waals surface area contributed by atoms with Crippen LogP contribution in [0.2, 0.25) is 0 Å². The SMILES string of the molecule is CCCCCNc1ccc(C(=O)Nc2ccccc2C(C)C)cn1. The van der Waals surface area contributed by atoms with Crippen molar-refractivity contribution < 1.29 is 4.79 Å². The second kappa shape index (κ2) is 9.06. The topological polar surface area (TPSA) is 54.0 Å². The minimum atomic E-state index is -0.131. The number of benzene rings is 1. The van der Waals surface area contributed by atoms with Gasteiger partial charge in [0.1, 0.15) is 5.82 Å². The predicted molar refractivity (Wildman–Crippen MR) is 101 cm³/mol. The highest BCUT2D eigenvalue weighted by Gasteiger charge is 2.11. The average Bonchev–Trinajstić information content (AvgIpc) is 2.59. The third kappa shape index (κ3) is 5.08. The summed E-state index contributed by atoms with van der Waals surface area (Å²) < 4.78 is 0. The van der Waals surface area contributed by atoms with E-state index in [1.165, 1.54) is 12.8 Å². The van der Waals surface area contributed by atoms with E-state index in [-0.39, 0.29) is 5.91 Å². The van der Waals surface area contributed by atoms with Gasteiger partial charge in [0.15, 0.2) is 0 Å². The molecule has 0 radical (unpaired) electrons. The fourth-order valence-corrected chi connectivity index (χ4v) is 2.53. The van der Waals surface area contributed by atoms with Gasteiger partial charge in [-0.15, -0.1) is 0 Å². The molecule has 1 amide bonds. The van der Waals surface area contributed by atoms with Gasteiger partial charge in [-0.2, -0.15) is 0 Å². The van der Waals surface area contributed by atoms with E-state index in [2.05, 4.69) is 36.4 Å². The Bertz CT molecular complexity index is 650. The quantitative estimate of drug-likeness (QED) is 0.667. The summed E-state index contributed by atoms with van der Waals surface area (Å²) in [5.41, 5.74) is 2.56. The maximum absolute atomic E-state index is 12.4. The fraction of sp³-hybridized carbons (Fsp3) is 0.400. The molecule has 2 aromatic rings. The van der Waals surface area contributed by atoms with E-state index in [0.29, 0.717) is 11.5 Å². The first-order valence-corrected chi connectivity index (χ1v) is 8.72. The average molecular weight is 325 g/mol. The molecular weight excluding hydrogens is 298 g/mol. The molecule has 0 saturated heterocycles. The van der Waals surface area contributed by atoms with Crippen molar-refractivity contribution >= 4 is 17.4 Å². The van der Waals surface area contributed by atoms with E-state index < -0.39 is 0 Å². The number of amides is 1. The summed E-state index contributed by atoms with van der Waals surface area (Å²) in [7, 11) is 0. The highest BCUT2D eigenvalue weighted by Crippen LogP contribution is 2.24. The Balaban J connectivity index is 1.98. The zero-order valence-electron chi connectivity index (χ0n) is 14.8. The smallest absolute Gasteiger partial charge is 0.257 e. The predicted octanol–water partition coefficient (Wildman–Crippen LogP) is 5.06. The first-order valence-electron chi connectivity index (χ1n) is 8.72. The molecule has 1 aromatic heterocycles. The first-order chi connectivity index (χ1) is 11.6. The second-order valence-electron chi connectivity index (χ2n) is 6.26. The fourth-order valence-electron chi connectivity index (χ4n) is 2.53. The van der Waals surface area contributed by atoms with Crippen molar-refractivity contribution in [1.82, 2.24) is 4.98 Å². The van der Waals surface area contributed by atoms with Gasteiger partial charge in [-0.1, -0.05) is 51.8 Å². The van der Waals surface area contributed by atoms with Crippen molar-refractivity contribution in [2.24, 2.45) is 0 Å². The Hall–Kier alpha value is -2.36. The molecule has 24 heavy (non-hydrogen) atoms. The van der Waals surface area contributed by atoms with Crippen LogP contribution in [0.15, 0.2) is 42.6 Å². The van der Waals surface area contributed by atoms with Crippen LogP contribution in [0.5, 0.6) is 0 Å². The van der Waals surface area contributed by atoms with Crippen molar-refractivity contribution in [2.75, 3.05) is 17.2 Å². The van der Waals surface area contributed by atoms with Crippen LogP contribution < -0.4 is 10.6 Å². The summed E-state index contributed by atoms with van der Waals surface area (Å²) in [6, 6.07) is 11.6. The Kier molecular flexibility index (Phi) is 6.79.